The Morgan fingerprint density at radius 2 is 2.10 bits per heavy atom. The molecule has 1 saturated heterocycles. The van der Waals surface area contributed by atoms with Crippen molar-refractivity contribution < 1.29 is 39.0 Å². The number of non-ortho nitro benzene ring substituents is 1. The van der Waals surface area contributed by atoms with Crippen LogP contribution in [0.25, 0.3) is 0 Å². The summed E-state index contributed by atoms with van der Waals surface area (Å²) in [5.41, 5.74) is -0.346. The fourth-order valence-corrected chi connectivity index (χ4v) is 3.05. The highest BCUT2D eigenvalue weighted by molar-refractivity contribution is 8.15. The number of carbonyl (C=O) groups is 3. The number of nitrogens with zero attached hydrogens (tertiary/aromatic N) is 3. The highest BCUT2D eigenvalue weighted by Gasteiger charge is 2.32. The molecule has 154 valence electrons. The maximum atomic E-state index is 11.7. The van der Waals surface area contributed by atoms with E-state index in [1.807, 2.05) is 0 Å². The molecule has 1 aromatic rings. The summed E-state index contributed by atoms with van der Waals surface area (Å²) < 4.78 is 10.1. The van der Waals surface area contributed by atoms with Crippen LogP contribution in [0.5, 0.6) is 11.5 Å². The second kappa shape index (κ2) is 9.50. The number of thioether (sulfide) groups is 1. The Morgan fingerprint density at radius 3 is 2.69 bits per heavy atom. The maximum absolute atomic E-state index is 11.7. The third-order valence-electron chi connectivity index (χ3n) is 3.32. The summed E-state index contributed by atoms with van der Waals surface area (Å²) in [6.07, 6.45) is 0.658. The number of nitro benzene ring substituents is 1. The number of methoxy groups -OCH3 is 1. The third kappa shape index (κ3) is 5.90. The first kappa shape index (κ1) is 21.6. The molecule has 1 unspecified atom stereocenters. The molecule has 1 aliphatic heterocycles. The number of carboxylic acids is 2. The van der Waals surface area contributed by atoms with Crippen LogP contribution >= 0.6 is 11.8 Å². The molecule has 3 N–H and O–H groups in total. The molecule has 2 rings (SSSR count). The number of amides is 1. The van der Waals surface area contributed by atoms with Crippen LogP contribution in [0.15, 0.2) is 22.3 Å². The molecular formula is C15H14N4O9S. The van der Waals surface area contributed by atoms with Crippen molar-refractivity contribution in [2.24, 2.45) is 10.2 Å². The molecule has 0 aliphatic carbocycles. The van der Waals surface area contributed by atoms with Crippen LogP contribution in [0, 0.1) is 10.1 Å². The Kier molecular flexibility index (Phi) is 7.08. The minimum Gasteiger partial charge on any atom is -0.493 e. The van der Waals surface area contributed by atoms with Gasteiger partial charge in [0, 0.05) is 11.6 Å². The summed E-state index contributed by atoms with van der Waals surface area (Å²) in [5.74, 6) is -3.14. The highest BCUT2D eigenvalue weighted by atomic mass is 32.2. The normalized spacial score (nSPS) is 17.3. The van der Waals surface area contributed by atoms with E-state index in [0.29, 0.717) is 0 Å². The van der Waals surface area contributed by atoms with Crippen LogP contribution in [0.3, 0.4) is 0 Å². The molecule has 13 nitrogen and oxygen atoms in total. The van der Waals surface area contributed by atoms with Gasteiger partial charge >= 0.3 is 11.9 Å². The number of carboxylic acid groups (broad SMARTS) is 2. The van der Waals surface area contributed by atoms with Gasteiger partial charge in [-0.05, 0) is 0 Å². The number of ether oxygens (including phenoxy) is 2. The molecule has 0 radical (unpaired) electrons. The van der Waals surface area contributed by atoms with E-state index in [1.54, 1.807) is 0 Å². The molecule has 0 saturated carbocycles. The third-order valence-corrected chi connectivity index (χ3v) is 4.39. The van der Waals surface area contributed by atoms with Crippen molar-refractivity contribution >= 4 is 46.7 Å². The fourth-order valence-electron chi connectivity index (χ4n) is 2.14. The Hall–Kier alpha value is -3.68. The average molecular weight is 426 g/mol. The summed E-state index contributed by atoms with van der Waals surface area (Å²) in [5, 5.41) is 37.6. The summed E-state index contributed by atoms with van der Waals surface area (Å²) in [7, 11) is 1.22. The van der Waals surface area contributed by atoms with E-state index in [4.69, 9.17) is 19.7 Å². The van der Waals surface area contributed by atoms with Crippen molar-refractivity contribution in [1.82, 2.24) is 5.32 Å². The summed E-state index contributed by atoms with van der Waals surface area (Å²) in [6.45, 7) is -0.730. The number of amidine groups is 1. The lowest BCUT2D eigenvalue weighted by Crippen LogP contribution is -2.26. The van der Waals surface area contributed by atoms with E-state index < -0.39 is 41.0 Å². The Balaban J connectivity index is 2.30. The molecule has 1 amide bonds. The van der Waals surface area contributed by atoms with Gasteiger partial charge in [0.15, 0.2) is 23.3 Å². The molecule has 1 fully saturated rings. The van der Waals surface area contributed by atoms with Crippen LogP contribution in [0.4, 0.5) is 5.69 Å². The number of nitrogens with one attached hydrogen (secondary N) is 1. The van der Waals surface area contributed by atoms with Crippen molar-refractivity contribution in [3.63, 3.8) is 0 Å². The Morgan fingerprint density at radius 1 is 1.38 bits per heavy atom. The largest absolute Gasteiger partial charge is 0.493 e. The Labute approximate surface area is 166 Å². The van der Waals surface area contributed by atoms with E-state index in [2.05, 4.69) is 15.5 Å². The summed E-state index contributed by atoms with van der Waals surface area (Å²) >= 11 is 0.869. The number of hydrogen-bond acceptors (Lipinski definition) is 10. The topological polar surface area (TPSA) is 190 Å². The zero-order chi connectivity index (χ0) is 21.6. The van der Waals surface area contributed by atoms with E-state index in [9.17, 15) is 24.5 Å². The molecule has 1 aromatic carbocycles. The average Bonchev–Trinajstić information content (AvgIpc) is 2.98. The lowest BCUT2D eigenvalue weighted by molar-refractivity contribution is -0.385. The van der Waals surface area contributed by atoms with E-state index in [0.717, 1.165) is 30.1 Å². The van der Waals surface area contributed by atoms with Crippen molar-refractivity contribution in [2.45, 2.75) is 11.7 Å². The Bertz CT molecular complexity index is 915. The molecule has 0 spiro atoms. The molecule has 1 heterocycles. The van der Waals surface area contributed by atoms with Crippen LogP contribution in [-0.4, -0.2) is 63.3 Å². The van der Waals surface area contributed by atoms with Crippen LogP contribution in [-0.2, 0) is 14.4 Å². The lowest BCUT2D eigenvalue weighted by Gasteiger charge is -2.11. The second-order valence-electron chi connectivity index (χ2n) is 5.35. The van der Waals surface area contributed by atoms with E-state index in [1.165, 1.54) is 7.11 Å². The van der Waals surface area contributed by atoms with Gasteiger partial charge in [0.2, 0.25) is 5.91 Å². The van der Waals surface area contributed by atoms with Crippen LogP contribution in [0.2, 0.25) is 0 Å². The molecule has 0 aromatic heterocycles. The van der Waals surface area contributed by atoms with Gasteiger partial charge in [-0.3, -0.25) is 19.7 Å². The first-order valence-corrected chi connectivity index (χ1v) is 8.60. The molecule has 0 bridgehead atoms. The zero-order valence-corrected chi connectivity index (χ0v) is 15.5. The van der Waals surface area contributed by atoms with Crippen molar-refractivity contribution in [3.8, 4) is 11.5 Å². The standard InChI is InChI=1S/C15H14N4O9S/c1-27-9-3-8(19(25)26)2-7(13(9)28-6-12(22)23)5-16-18-15-17-14(24)10(29-15)4-11(20)21/h2-3,5,10H,4,6H2,1H3,(H,20,21)(H,22,23)(H,17,18,24). The van der Waals surface area contributed by atoms with Gasteiger partial charge in [-0.15, -0.1) is 5.10 Å². The highest BCUT2D eigenvalue weighted by Crippen LogP contribution is 2.35. The minimum atomic E-state index is -1.27. The smallest absolute Gasteiger partial charge is 0.341 e. The van der Waals surface area contributed by atoms with Crippen molar-refractivity contribution in [2.75, 3.05) is 13.7 Å². The number of carbonyl (C=O) groups excluding carboxylic acids is 1. The van der Waals surface area contributed by atoms with Crippen molar-refractivity contribution in [3.05, 3.63) is 27.8 Å². The van der Waals surface area contributed by atoms with Gasteiger partial charge in [-0.2, -0.15) is 5.10 Å². The van der Waals surface area contributed by atoms with E-state index in [-0.39, 0.29) is 27.9 Å². The molecule has 14 heteroatoms. The monoisotopic (exact) mass is 426 g/mol. The minimum absolute atomic E-state index is 0.0121. The molecule has 29 heavy (non-hydrogen) atoms. The summed E-state index contributed by atoms with van der Waals surface area (Å²) in [4.78, 5) is 43.6. The number of aliphatic carboxylic acids is 2. The first-order valence-electron chi connectivity index (χ1n) is 7.72. The number of rotatable bonds is 9. The van der Waals surface area contributed by atoms with Gasteiger partial charge < -0.3 is 25.0 Å². The van der Waals surface area contributed by atoms with Gasteiger partial charge in [0.1, 0.15) is 5.25 Å². The first-order chi connectivity index (χ1) is 13.7. The SMILES string of the molecule is COc1cc([N+](=O)[O-])cc(C=NN=C2NC(=O)C(CC(=O)O)S2)c1OCC(=O)O. The van der Waals surface area contributed by atoms with Gasteiger partial charge in [0.25, 0.3) is 5.69 Å². The summed E-state index contributed by atoms with van der Waals surface area (Å²) in [6, 6.07) is 2.14. The van der Waals surface area contributed by atoms with Crippen LogP contribution in [0.1, 0.15) is 12.0 Å². The number of benzene rings is 1. The quantitative estimate of drug-likeness (QED) is 0.284. The maximum Gasteiger partial charge on any atom is 0.341 e. The predicted molar refractivity (Wildman–Crippen MR) is 99.6 cm³/mol. The number of hydrogen-bond donors (Lipinski definition) is 3. The molecule has 1 atom stereocenters. The number of nitro groups is 1. The molecule has 1 aliphatic rings. The van der Waals surface area contributed by atoms with Gasteiger partial charge in [-0.1, -0.05) is 11.8 Å². The fraction of sp³-hybridized carbons (Fsp3) is 0.267. The van der Waals surface area contributed by atoms with Gasteiger partial charge in [-0.25, -0.2) is 4.79 Å². The second-order valence-corrected chi connectivity index (χ2v) is 6.54. The lowest BCUT2D eigenvalue weighted by atomic mass is 10.1. The van der Waals surface area contributed by atoms with Crippen molar-refractivity contribution in [1.29, 1.82) is 0 Å². The van der Waals surface area contributed by atoms with Gasteiger partial charge in [0.05, 0.1) is 30.7 Å². The predicted octanol–water partition coefficient (Wildman–Crippen LogP) is 0.463. The zero-order valence-electron chi connectivity index (χ0n) is 14.7. The van der Waals surface area contributed by atoms with E-state index >= 15 is 0 Å². The molecular weight excluding hydrogens is 412 g/mol. The van der Waals surface area contributed by atoms with Crippen LogP contribution < -0.4 is 14.8 Å².